The lowest BCUT2D eigenvalue weighted by Gasteiger charge is -2.44. The Kier molecular flexibility index (Phi) is 7.07. The van der Waals surface area contributed by atoms with Crippen molar-refractivity contribution in [2.75, 3.05) is 14.1 Å². The van der Waals surface area contributed by atoms with E-state index in [1.165, 1.54) is 6.08 Å². The molecule has 0 spiro atoms. The molecule has 0 aliphatic heterocycles. The Hall–Kier alpha value is -3.95. The molecule has 5 rings (SSSR count). The van der Waals surface area contributed by atoms with E-state index in [9.17, 15) is 14.7 Å². The molecule has 2 aromatic carbocycles. The average Bonchev–Trinajstić information content (AvgIpc) is 3.33. The number of rotatable bonds is 7. The molecule has 192 valence electrons. The van der Waals surface area contributed by atoms with E-state index in [-0.39, 0.29) is 30.4 Å². The summed E-state index contributed by atoms with van der Waals surface area (Å²) in [5, 5.41) is 14.9. The molecule has 1 heterocycles. The number of aliphatic hydroxyl groups is 1. The predicted molar refractivity (Wildman–Crippen MR) is 132 cm³/mol. The molecule has 0 fully saturated rings. The van der Waals surface area contributed by atoms with Crippen LogP contribution in [0.2, 0.25) is 0 Å². The Morgan fingerprint density at radius 1 is 1.00 bits per heavy atom. The third kappa shape index (κ3) is 5.00. The lowest BCUT2D eigenvalue weighted by atomic mass is 9.66. The quantitative estimate of drug-likeness (QED) is 0.378. The van der Waals surface area contributed by atoms with Crippen LogP contribution in [0.15, 0.2) is 77.3 Å². The maximum absolute atomic E-state index is 13.7. The minimum Gasteiger partial charge on any atom is -0.470 e. The number of ether oxygens (including phenoxy) is 3. The summed E-state index contributed by atoms with van der Waals surface area (Å²) in [7, 11) is 3.65. The van der Waals surface area contributed by atoms with Crippen molar-refractivity contribution in [1.29, 1.82) is 0 Å². The molecule has 0 radical (unpaired) electrons. The number of ketones is 1. The van der Waals surface area contributed by atoms with Crippen LogP contribution in [-0.4, -0.2) is 53.4 Å². The maximum Gasteiger partial charge on any atom is 0.509 e. The number of carbonyl (C=O) groups excluding carboxylic acids is 2. The van der Waals surface area contributed by atoms with Crippen LogP contribution in [0.3, 0.4) is 0 Å². The third-order valence-electron chi connectivity index (χ3n) is 6.74. The van der Waals surface area contributed by atoms with Crippen LogP contribution < -0.4 is 4.74 Å². The van der Waals surface area contributed by atoms with E-state index in [0.717, 1.165) is 11.1 Å². The molecule has 0 saturated heterocycles. The van der Waals surface area contributed by atoms with Gasteiger partial charge in [-0.1, -0.05) is 66.7 Å². The number of carbonyl (C=O) groups is 2. The Labute approximate surface area is 214 Å². The molecule has 0 bridgehead atoms. The second kappa shape index (κ2) is 10.6. The maximum atomic E-state index is 13.7. The van der Waals surface area contributed by atoms with Gasteiger partial charge in [0.05, 0.1) is 18.1 Å². The highest BCUT2D eigenvalue weighted by Gasteiger charge is 2.55. The van der Waals surface area contributed by atoms with E-state index in [2.05, 4.69) is 5.16 Å². The van der Waals surface area contributed by atoms with Gasteiger partial charge in [-0.3, -0.25) is 9.69 Å². The van der Waals surface area contributed by atoms with E-state index in [1.807, 2.05) is 79.7 Å². The van der Waals surface area contributed by atoms with Crippen LogP contribution in [0.25, 0.3) is 0 Å². The Bertz CT molecular complexity index is 1270. The van der Waals surface area contributed by atoms with Gasteiger partial charge in [0.1, 0.15) is 24.9 Å². The van der Waals surface area contributed by atoms with E-state index in [4.69, 9.17) is 18.7 Å². The van der Waals surface area contributed by atoms with Crippen molar-refractivity contribution < 1.29 is 33.4 Å². The van der Waals surface area contributed by atoms with Gasteiger partial charge >= 0.3 is 6.16 Å². The smallest absolute Gasteiger partial charge is 0.470 e. The first-order chi connectivity index (χ1) is 17.9. The fraction of sp³-hybridized carbons (Fsp3) is 0.321. The van der Waals surface area contributed by atoms with Gasteiger partial charge in [0, 0.05) is 5.92 Å². The van der Waals surface area contributed by atoms with E-state index < -0.39 is 36.2 Å². The zero-order valence-electron chi connectivity index (χ0n) is 20.5. The number of hydrogen-bond donors (Lipinski definition) is 1. The van der Waals surface area contributed by atoms with E-state index in [1.54, 1.807) is 6.08 Å². The summed E-state index contributed by atoms with van der Waals surface area (Å²) in [6.07, 6.45) is 0.288. The van der Waals surface area contributed by atoms with Gasteiger partial charge in [-0.15, -0.1) is 0 Å². The zero-order chi connectivity index (χ0) is 25.9. The minimum atomic E-state index is -1.08. The average molecular weight is 505 g/mol. The number of hydrogen-bond acceptors (Lipinski definition) is 9. The standard InChI is InChI=1S/C28H28N2O7/c1-30(2)24-22-20(36-28(33)35-16-18-11-7-4-8-12-18)14-13-19(31)21(22)25(32)23-26(24)37-29-27(23)34-15-17-9-5-3-6-10-17/h3-14,19-22,24,31H,15-16H2,1-2H3/t19-,20+,21+,22-,24+/m1/s1. The van der Waals surface area contributed by atoms with Crippen molar-refractivity contribution in [1.82, 2.24) is 10.1 Å². The van der Waals surface area contributed by atoms with Crippen molar-refractivity contribution in [3.05, 3.63) is 95.3 Å². The van der Waals surface area contributed by atoms with Gasteiger partial charge in [-0.05, 0) is 36.5 Å². The van der Waals surface area contributed by atoms with Crippen LogP contribution in [0, 0.1) is 11.8 Å². The molecule has 5 atom stereocenters. The van der Waals surface area contributed by atoms with Gasteiger partial charge < -0.3 is 23.8 Å². The topological polar surface area (TPSA) is 111 Å². The van der Waals surface area contributed by atoms with Gasteiger partial charge in [0.15, 0.2) is 11.5 Å². The Morgan fingerprint density at radius 2 is 1.65 bits per heavy atom. The van der Waals surface area contributed by atoms with Crippen LogP contribution in [0.5, 0.6) is 5.88 Å². The molecule has 0 saturated carbocycles. The van der Waals surface area contributed by atoms with Crippen LogP contribution >= 0.6 is 0 Å². The second-order valence-electron chi connectivity index (χ2n) is 9.36. The molecule has 0 amide bonds. The first kappa shape index (κ1) is 24.7. The SMILES string of the molecule is CN(C)[C@@H]1c2onc(OCc3ccccc3)c2C(=O)[C@@H]2[C@H]1[C@@H](OC(=O)OCc1ccccc1)C=C[C@H]2O. The van der Waals surface area contributed by atoms with Crippen molar-refractivity contribution in [2.45, 2.75) is 31.5 Å². The van der Waals surface area contributed by atoms with Gasteiger partial charge in [0.2, 0.25) is 0 Å². The summed E-state index contributed by atoms with van der Waals surface area (Å²) >= 11 is 0. The normalized spacial score (nSPS) is 24.3. The van der Waals surface area contributed by atoms with Crippen molar-refractivity contribution in [3.63, 3.8) is 0 Å². The monoisotopic (exact) mass is 504 g/mol. The van der Waals surface area contributed by atoms with Crippen molar-refractivity contribution >= 4 is 11.9 Å². The highest BCUT2D eigenvalue weighted by Crippen LogP contribution is 2.49. The van der Waals surface area contributed by atoms with Crippen LogP contribution in [0.4, 0.5) is 4.79 Å². The Balaban J connectivity index is 1.39. The zero-order valence-corrected chi connectivity index (χ0v) is 20.5. The Morgan fingerprint density at radius 3 is 2.30 bits per heavy atom. The molecule has 2 aliphatic rings. The number of fused-ring (bicyclic) bond motifs is 2. The molecule has 37 heavy (non-hydrogen) atoms. The first-order valence-electron chi connectivity index (χ1n) is 12.0. The highest BCUT2D eigenvalue weighted by molar-refractivity contribution is 6.03. The number of Topliss-reactive ketones (excluding diaryl/α,β-unsaturated/α-hetero) is 1. The van der Waals surface area contributed by atoms with E-state index in [0.29, 0.717) is 5.76 Å². The molecule has 0 unspecified atom stereocenters. The summed E-state index contributed by atoms with van der Waals surface area (Å²) in [5.74, 6) is -1.50. The third-order valence-corrected chi connectivity index (χ3v) is 6.74. The molecule has 1 aromatic heterocycles. The first-order valence-corrected chi connectivity index (χ1v) is 12.0. The van der Waals surface area contributed by atoms with Crippen molar-refractivity contribution in [2.24, 2.45) is 11.8 Å². The van der Waals surface area contributed by atoms with Gasteiger partial charge in [0.25, 0.3) is 5.88 Å². The lowest BCUT2D eigenvalue weighted by molar-refractivity contribution is -0.0427. The molecule has 9 heteroatoms. The molecule has 1 N–H and O–H groups in total. The summed E-state index contributed by atoms with van der Waals surface area (Å²) in [6.45, 7) is 0.256. The summed E-state index contributed by atoms with van der Waals surface area (Å²) in [5.41, 5.74) is 1.93. The molecule has 3 aromatic rings. The summed E-state index contributed by atoms with van der Waals surface area (Å²) < 4.78 is 22.5. The number of aromatic nitrogens is 1. The lowest BCUT2D eigenvalue weighted by Crippen LogP contribution is -2.52. The molecule has 9 nitrogen and oxygen atoms in total. The highest BCUT2D eigenvalue weighted by atomic mass is 16.7. The molecular weight excluding hydrogens is 476 g/mol. The fourth-order valence-electron chi connectivity index (χ4n) is 5.05. The minimum absolute atomic E-state index is 0.0528. The van der Waals surface area contributed by atoms with E-state index >= 15 is 0 Å². The van der Waals surface area contributed by atoms with Crippen LogP contribution in [0.1, 0.15) is 33.3 Å². The number of nitrogens with zero attached hydrogens (tertiary/aromatic N) is 2. The molecule has 2 aliphatic carbocycles. The number of aliphatic hydroxyl groups excluding tert-OH is 1. The summed E-state index contributed by atoms with van der Waals surface area (Å²) in [6, 6.07) is 18.2. The largest absolute Gasteiger partial charge is 0.509 e. The summed E-state index contributed by atoms with van der Waals surface area (Å²) in [4.78, 5) is 28.1. The predicted octanol–water partition coefficient (Wildman–Crippen LogP) is 3.94. The van der Waals surface area contributed by atoms with Crippen molar-refractivity contribution in [3.8, 4) is 5.88 Å². The van der Waals surface area contributed by atoms with Gasteiger partial charge in [-0.2, -0.15) is 0 Å². The van der Waals surface area contributed by atoms with Crippen LogP contribution in [-0.2, 0) is 22.7 Å². The molecular formula is C28H28N2O7. The number of benzene rings is 2. The fourth-order valence-corrected chi connectivity index (χ4v) is 5.05. The second-order valence-corrected chi connectivity index (χ2v) is 9.36. The van der Waals surface area contributed by atoms with Gasteiger partial charge in [-0.25, -0.2) is 4.79 Å².